The van der Waals surface area contributed by atoms with Crippen LogP contribution in [-0.4, -0.2) is 35.2 Å². The lowest BCUT2D eigenvalue weighted by molar-refractivity contribution is 0.0641. The van der Waals surface area contributed by atoms with E-state index in [4.69, 9.17) is 10.0 Å². The van der Waals surface area contributed by atoms with Gasteiger partial charge in [-0.15, -0.1) is 0 Å². The summed E-state index contributed by atoms with van der Waals surface area (Å²) in [5.41, 5.74) is 2.50. The first-order valence-electron chi connectivity index (χ1n) is 8.34. The topological polar surface area (TPSA) is 43.7 Å². The molecule has 0 amide bonds. The molecular formula is C17H26BNO2. The third kappa shape index (κ3) is 3.68. The minimum atomic E-state index is -1.36. The molecule has 2 fully saturated rings. The van der Waals surface area contributed by atoms with E-state index in [0.29, 0.717) is 10.9 Å². The van der Waals surface area contributed by atoms with Gasteiger partial charge in [-0.2, -0.15) is 0 Å². The molecule has 114 valence electrons. The number of likely N-dealkylation sites (tertiary alicyclic amines) is 1. The lowest BCUT2D eigenvalue weighted by atomic mass is 9.68. The first kappa shape index (κ1) is 15.1. The molecule has 3 nitrogen and oxygen atoms in total. The average molecular weight is 287 g/mol. The molecule has 0 atom stereocenters. The standard InChI is InChI=1S/C17H26BNO2/c20-18(21)16-6-4-15(5-7-16)14-19-12-10-17(11-13-19)8-2-1-3-9-17/h4-7,20-21H,1-3,8-14H2. The second-order valence-corrected chi connectivity index (χ2v) is 6.95. The van der Waals surface area contributed by atoms with Crippen LogP contribution in [0.2, 0.25) is 0 Å². The highest BCUT2D eigenvalue weighted by molar-refractivity contribution is 6.58. The SMILES string of the molecule is OB(O)c1ccc(CN2CCC3(CCCCC3)CC2)cc1. The number of hydrogen-bond acceptors (Lipinski definition) is 3. The van der Waals surface area contributed by atoms with E-state index in [1.165, 1.54) is 63.6 Å². The summed E-state index contributed by atoms with van der Waals surface area (Å²) < 4.78 is 0. The molecule has 3 rings (SSSR count). The zero-order valence-electron chi connectivity index (χ0n) is 12.8. The van der Waals surface area contributed by atoms with Gasteiger partial charge in [-0.05, 0) is 55.2 Å². The molecule has 0 radical (unpaired) electrons. The summed E-state index contributed by atoms with van der Waals surface area (Å²) in [6.07, 6.45) is 9.93. The van der Waals surface area contributed by atoms with Crippen LogP contribution in [-0.2, 0) is 6.54 Å². The number of nitrogens with zero attached hydrogens (tertiary/aromatic N) is 1. The summed E-state index contributed by atoms with van der Waals surface area (Å²) in [4.78, 5) is 2.55. The lowest BCUT2D eigenvalue weighted by Crippen LogP contribution is -2.40. The van der Waals surface area contributed by atoms with E-state index in [0.717, 1.165) is 6.54 Å². The van der Waals surface area contributed by atoms with Crippen molar-refractivity contribution in [2.75, 3.05) is 13.1 Å². The highest BCUT2D eigenvalue weighted by atomic mass is 16.4. The van der Waals surface area contributed by atoms with Crippen LogP contribution in [0.15, 0.2) is 24.3 Å². The normalized spacial score (nSPS) is 22.4. The van der Waals surface area contributed by atoms with Crippen LogP contribution in [0.25, 0.3) is 0 Å². The second-order valence-electron chi connectivity index (χ2n) is 6.95. The van der Waals surface area contributed by atoms with Crippen molar-refractivity contribution < 1.29 is 10.0 Å². The third-order valence-corrected chi connectivity index (χ3v) is 5.51. The number of hydrogen-bond donors (Lipinski definition) is 2. The Morgan fingerprint density at radius 2 is 1.52 bits per heavy atom. The Morgan fingerprint density at radius 1 is 0.905 bits per heavy atom. The van der Waals surface area contributed by atoms with Crippen LogP contribution in [0.4, 0.5) is 0 Å². The van der Waals surface area contributed by atoms with Gasteiger partial charge in [0.15, 0.2) is 0 Å². The molecule has 1 heterocycles. The maximum atomic E-state index is 9.12. The van der Waals surface area contributed by atoms with Crippen LogP contribution in [0.3, 0.4) is 0 Å². The van der Waals surface area contributed by atoms with Crippen molar-refractivity contribution >= 4 is 12.6 Å². The van der Waals surface area contributed by atoms with E-state index >= 15 is 0 Å². The Kier molecular flexibility index (Phi) is 4.67. The molecule has 1 saturated heterocycles. The van der Waals surface area contributed by atoms with Gasteiger partial charge in [-0.1, -0.05) is 43.5 Å². The second kappa shape index (κ2) is 6.51. The van der Waals surface area contributed by atoms with Crippen molar-refractivity contribution in [3.05, 3.63) is 29.8 Å². The first-order chi connectivity index (χ1) is 10.2. The monoisotopic (exact) mass is 287 g/mol. The molecular weight excluding hydrogens is 261 g/mol. The summed E-state index contributed by atoms with van der Waals surface area (Å²) in [5.74, 6) is 0. The van der Waals surface area contributed by atoms with Gasteiger partial charge in [0.25, 0.3) is 0 Å². The molecule has 0 bridgehead atoms. The fourth-order valence-corrected chi connectivity index (χ4v) is 4.04. The van der Waals surface area contributed by atoms with E-state index < -0.39 is 7.12 Å². The van der Waals surface area contributed by atoms with Crippen LogP contribution in [0.1, 0.15) is 50.5 Å². The van der Waals surface area contributed by atoms with Gasteiger partial charge in [-0.3, -0.25) is 4.90 Å². The van der Waals surface area contributed by atoms with E-state index in [2.05, 4.69) is 4.90 Å². The summed E-state index contributed by atoms with van der Waals surface area (Å²) in [6, 6.07) is 7.65. The molecule has 1 saturated carbocycles. The van der Waals surface area contributed by atoms with Crippen LogP contribution in [0, 0.1) is 5.41 Å². The van der Waals surface area contributed by atoms with E-state index in [-0.39, 0.29) is 0 Å². The van der Waals surface area contributed by atoms with Gasteiger partial charge in [0.1, 0.15) is 0 Å². The Labute approximate surface area is 128 Å². The largest absolute Gasteiger partial charge is 0.488 e. The van der Waals surface area contributed by atoms with Gasteiger partial charge in [0.2, 0.25) is 0 Å². The summed E-state index contributed by atoms with van der Waals surface area (Å²) in [5, 5.41) is 18.2. The predicted octanol–water partition coefficient (Wildman–Crippen LogP) is 1.91. The quantitative estimate of drug-likeness (QED) is 0.835. The zero-order chi connectivity index (χ0) is 14.7. The molecule has 21 heavy (non-hydrogen) atoms. The van der Waals surface area contributed by atoms with Crippen molar-refractivity contribution in [2.45, 2.75) is 51.5 Å². The van der Waals surface area contributed by atoms with Gasteiger partial charge >= 0.3 is 7.12 Å². The number of benzene rings is 1. The number of rotatable bonds is 3. The molecule has 1 aromatic carbocycles. The number of piperidine rings is 1. The molecule has 1 aromatic rings. The van der Waals surface area contributed by atoms with Crippen molar-refractivity contribution in [3.8, 4) is 0 Å². The third-order valence-electron chi connectivity index (χ3n) is 5.51. The van der Waals surface area contributed by atoms with Crippen molar-refractivity contribution in [3.63, 3.8) is 0 Å². The lowest BCUT2D eigenvalue weighted by Gasteiger charge is -2.44. The van der Waals surface area contributed by atoms with Gasteiger partial charge in [-0.25, -0.2) is 0 Å². The minimum absolute atomic E-state index is 0.568. The fraction of sp³-hybridized carbons (Fsp3) is 0.647. The smallest absolute Gasteiger partial charge is 0.423 e. The van der Waals surface area contributed by atoms with Gasteiger partial charge in [0, 0.05) is 6.54 Å². The summed E-state index contributed by atoms with van der Waals surface area (Å²) in [6.45, 7) is 3.41. The molecule has 2 N–H and O–H groups in total. The Bertz CT molecular complexity index is 444. The van der Waals surface area contributed by atoms with E-state index in [1.807, 2.05) is 24.3 Å². The molecule has 0 unspecified atom stereocenters. The maximum Gasteiger partial charge on any atom is 0.488 e. The van der Waals surface area contributed by atoms with E-state index in [9.17, 15) is 0 Å². The van der Waals surface area contributed by atoms with Gasteiger partial charge in [0.05, 0.1) is 0 Å². The maximum absolute atomic E-state index is 9.12. The first-order valence-corrected chi connectivity index (χ1v) is 8.34. The average Bonchev–Trinajstić information content (AvgIpc) is 2.51. The Morgan fingerprint density at radius 3 is 2.10 bits per heavy atom. The Balaban J connectivity index is 1.53. The molecule has 1 spiro atoms. The van der Waals surface area contributed by atoms with Crippen molar-refractivity contribution in [1.82, 2.24) is 4.90 Å². The fourth-order valence-electron chi connectivity index (χ4n) is 4.04. The van der Waals surface area contributed by atoms with Gasteiger partial charge < -0.3 is 10.0 Å². The highest BCUT2D eigenvalue weighted by Crippen LogP contribution is 2.44. The zero-order valence-corrected chi connectivity index (χ0v) is 12.8. The minimum Gasteiger partial charge on any atom is -0.423 e. The van der Waals surface area contributed by atoms with Crippen LogP contribution < -0.4 is 5.46 Å². The van der Waals surface area contributed by atoms with Crippen LogP contribution >= 0.6 is 0 Å². The van der Waals surface area contributed by atoms with Crippen molar-refractivity contribution in [2.24, 2.45) is 5.41 Å². The Hall–Kier alpha value is -0.835. The highest BCUT2D eigenvalue weighted by Gasteiger charge is 2.35. The van der Waals surface area contributed by atoms with E-state index in [1.54, 1.807) is 0 Å². The molecule has 0 aromatic heterocycles. The van der Waals surface area contributed by atoms with Crippen molar-refractivity contribution in [1.29, 1.82) is 0 Å². The summed E-state index contributed by atoms with van der Waals surface area (Å²) >= 11 is 0. The molecule has 2 aliphatic rings. The molecule has 1 aliphatic heterocycles. The van der Waals surface area contributed by atoms with Crippen LogP contribution in [0.5, 0.6) is 0 Å². The molecule has 4 heteroatoms. The molecule has 1 aliphatic carbocycles. The predicted molar refractivity (Wildman–Crippen MR) is 86.3 cm³/mol. The summed E-state index contributed by atoms with van der Waals surface area (Å²) in [7, 11) is -1.36.